The van der Waals surface area contributed by atoms with E-state index < -0.39 is 0 Å². The second-order valence-corrected chi connectivity index (χ2v) is 1.05. The third-order valence-corrected chi connectivity index (χ3v) is 0.469. The number of hydrogen-bond acceptors (Lipinski definition) is 3. The highest BCUT2D eigenvalue weighted by molar-refractivity contribution is 4.79. The Bertz CT molecular complexity index is 112. The van der Waals surface area contributed by atoms with Gasteiger partial charge in [0, 0.05) is 5.27 Å². The smallest absolute Gasteiger partial charge is 0.147 e. The number of rotatable bonds is 0. The number of nitrogens with zero attached hydrogens (tertiary/aromatic N) is 2. The highest BCUT2D eigenvalue weighted by Crippen LogP contribution is 1.82. The van der Waals surface area contributed by atoms with Gasteiger partial charge < -0.3 is 4.52 Å². The minimum atomic E-state index is 0.815. The fourth-order valence-electron chi connectivity index (χ4n) is 0.211. The molecule has 1 rings (SSSR count). The van der Waals surface area contributed by atoms with Gasteiger partial charge in [-0.05, 0) is 6.92 Å². The lowest BCUT2D eigenvalue weighted by Crippen LogP contribution is -1.65. The standard InChI is InChI=1S/C3H4N2O/c1-3-2-6-5-4-3/h2H,1H3. The highest BCUT2D eigenvalue weighted by atomic mass is 16.5. The van der Waals surface area contributed by atoms with E-state index >= 15 is 0 Å². The summed E-state index contributed by atoms with van der Waals surface area (Å²) in [5.41, 5.74) is 0.815. The maximum absolute atomic E-state index is 4.35. The third kappa shape index (κ3) is 0.381. The molecule has 3 heteroatoms. The van der Waals surface area contributed by atoms with Crippen molar-refractivity contribution in [1.82, 2.24) is 10.4 Å². The molecule has 1 heterocycles. The van der Waals surface area contributed by atoms with E-state index in [1.165, 1.54) is 6.26 Å². The van der Waals surface area contributed by atoms with Crippen LogP contribution in [-0.2, 0) is 0 Å². The van der Waals surface area contributed by atoms with Crippen LogP contribution in [0.5, 0.6) is 0 Å². The molecule has 0 aromatic carbocycles. The van der Waals surface area contributed by atoms with Crippen molar-refractivity contribution < 1.29 is 4.52 Å². The maximum Gasteiger partial charge on any atom is 0.147 e. The van der Waals surface area contributed by atoms with Crippen LogP contribution in [-0.4, -0.2) is 10.4 Å². The Hall–Kier alpha value is -0.860. The number of aryl methyl sites for hydroxylation is 1. The first-order chi connectivity index (χ1) is 2.89. The van der Waals surface area contributed by atoms with E-state index in [1.807, 2.05) is 6.92 Å². The molecule has 0 saturated heterocycles. The summed E-state index contributed by atoms with van der Waals surface area (Å²) in [5, 5.41) is 6.70. The van der Waals surface area contributed by atoms with Gasteiger partial charge in [-0.3, -0.25) is 0 Å². The first-order valence-electron chi connectivity index (χ1n) is 1.63. The van der Waals surface area contributed by atoms with Gasteiger partial charge in [0.1, 0.15) is 12.0 Å². The summed E-state index contributed by atoms with van der Waals surface area (Å²) in [4.78, 5) is 0. The Morgan fingerprint density at radius 1 is 1.83 bits per heavy atom. The van der Waals surface area contributed by atoms with E-state index in [9.17, 15) is 0 Å². The first kappa shape index (κ1) is 3.33. The van der Waals surface area contributed by atoms with Crippen molar-refractivity contribution in [2.75, 3.05) is 0 Å². The number of hydrogen-bond donors (Lipinski definition) is 0. The molecule has 0 saturated carbocycles. The van der Waals surface area contributed by atoms with Gasteiger partial charge in [0.2, 0.25) is 0 Å². The maximum atomic E-state index is 4.35. The predicted molar refractivity (Wildman–Crippen MR) is 19.0 cm³/mol. The van der Waals surface area contributed by atoms with Crippen LogP contribution in [0.3, 0.4) is 0 Å². The summed E-state index contributed by atoms with van der Waals surface area (Å²) in [7, 11) is 0. The molecule has 0 amide bonds. The molecule has 0 radical (unpaired) electrons. The summed E-state index contributed by atoms with van der Waals surface area (Å²) in [6.07, 6.45) is 1.49. The molecule has 32 valence electrons. The van der Waals surface area contributed by atoms with E-state index in [2.05, 4.69) is 14.9 Å². The normalized spacial score (nSPS) is 8.83. The fraction of sp³-hybridized carbons (Fsp3) is 0.333. The molecular weight excluding hydrogens is 80.0 g/mol. The predicted octanol–water partition coefficient (Wildman–Crippen LogP) is 0.378. The molecular formula is C3H4N2O. The van der Waals surface area contributed by atoms with Crippen molar-refractivity contribution in [3.63, 3.8) is 0 Å². The zero-order valence-corrected chi connectivity index (χ0v) is 3.38. The first-order valence-corrected chi connectivity index (χ1v) is 1.63. The summed E-state index contributed by atoms with van der Waals surface area (Å²) < 4.78 is 4.35. The minimum Gasteiger partial charge on any atom is -0.345 e. The van der Waals surface area contributed by atoms with Gasteiger partial charge in [-0.1, -0.05) is 0 Å². The van der Waals surface area contributed by atoms with Crippen molar-refractivity contribution in [3.8, 4) is 0 Å². The van der Waals surface area contributed by atoms with Gasteiger partial charge >= 0.3 is 0 Å². The Labute approximate surface area is 34.9 Å². The molecule has 0 aliphatic heterocycles. The lowest BCUT2D eigenvalue weighted by molar-refractivity contribution is 0.393. The van der Waals surface area contributed by atoms with E-state index in [4.69, 9.17) is 0 Å². The Balaban J connectivity index is 3.05. The molecule has 6 heavy (non-hydrogen) atoms. The molecule has 1 aromatic heterocycles. The van der Waals surface area contributed by atoms with Crippen LogP contribution >= 0.6 is 0 Å². The van der Waals surface area contributed by atoms with Crippen molar-refractivity contribution in [2.45, 2.75) is 6.92 Å². The largest absolute Gasteiger partial charge is 0.345 e. The summed E-state index contributed by atoms with van der Waals surface area (Å²) in [6.45, 7) is 1.82. The van der Waals surface area contributed by atoms with Gasteiger partial charge in [-0.25, -0.2) is 0 Å². The van der Waals surface area contributed by atoms with Crippen molar-refractivity contribution in [3.05, 3.63) is 12.0 Å². The van der Waals surface area contributed by atoms with Crippen molar-refractivity contribution >= 4 is 0 Å². The van der Waals surface area contributed by atoms with Crippen LogP contribution in [0.15, 0.2) is 10.8 Å². The molecule has 0 bridgehead atoms. The van der Waals surface area contributed by atoms with Gasteiger partial charge in [0.05, 0.1) is 0 Å². The average Bonchev–Trinajstić information content (AvgIpc) is 1.86. The van der Waals surface area contributed by atoms with Gasteiger partial charge in [-0.2, -0.15) is 0 Å². The molecule has 0 spiro atoms. The van der Waals surface area contributed by atoms with E-state index in [0.29, 0.717) is 0 Å². The van der Waals surface area contributed by atoms with Crippen LogP contribution in [0.4, 0.5) is 0 Å². The minimum absolute atomic E-state index is 0.815. The lowest BCUT2D eigenvalue weighted by Gasteiger charge is -1.58. The monoisotopic (exact) mass is 84.0 g/mol. The molecule has 0 aliphatic rings. The van der Waals surface area contributed by atoms with Crippen LogP contribution in [0, 0.1) is 6.92 Å². The fourth-order valence-corrected chi connectivity index (χ4v) is 0.211. The zero-order chi connectivity index (χ0) is 4.41. The molecule has 3 nitrogen and oxygen atoms in total. The topological polar surface area (TPSA) is 38.9 Å². The van der Waals surface area contributed by atoms with Gasteiger partial charge in [0.15, 0.2) is 0 Å². The molecule has 1 aromatic rings. The Morgan fingerprint density at radius 2 is 2.67 bits per heavy atom. The highest BCUT2D eigenvalue weighted by Gasteiger charge is 1.79. The second kappa shape index (κ2) is 1.08. The Morgan fingerprint density at radius 3 is 2.83 bits per heavy atom. The van der Waals surface area contributed by atoms with Crippen LogP contribution in [0.2, 0.25) is 0 Å². The molecule has 0 unspecified atom stereocenters. The molecule has 0 aliphatic carbocycles. The van der Waals surface area contributed by atoms with E-state index in [1.54, 1.807) is 0 Å². The van der Waals surface area contributed by atoms with E-state index in [-0.39, 0.29) is 0 Å². The third-order valence-electron chi connectivity index (χ3n) is 0.469. The van der Waals surface area contributed by atoms with Crippen LogP contribution in [0.1, 0.15) is 5.69 Å². The lowest BCUT2D eigenvalue weighted by atomic mass is 10.6. The summed E-state index contributed by atoms with van der Waals surface area (Å²) in [6, 6.07) is 0. The van der Waals surface area contributed by atoms with Crippen molar-refractivity contribution in [2.24, 2.45) is 0 Å². The van der Waals surface area contributed by atoms with Gasteiger partial charge in [-0.15, -0.1) is 5.10 Å². The number of aromatic nitrogens is 2. The average molecular weight is 84.1 g/mol. The summed E-state index contributed by atoms with van der Waals surface area (Å²) in [5.74, 6) is 0. The molecule has 0 atom stereocenters. The second-order valence-electron chi connectivity index (χ2n) is 1.05. The van der Waals surface area contributed by atoms with E-state index in [0.717, 1.165) is 5.69 Å². The molecule has 0 fully saturated rings. The van der Waals surface area contributed by atoms with Gasteiger partial charge in [0.25, 0.3) is 0 Å². The summed E-state index contributed by atoms with van der Waals surface area (Å²) >= 11 is 0. The van der Waals surface area contributed by atoms with Crippen LogP contribution in [0.25, 0.3) is 0 Å². The Kier molecular flexibility index (Phi) is 0.602. The quantitative estimate of drug-likeness (QED) is 0.456. The SMILES string of the molecule is Cc1conn1. The molecule has 0 N–H and O–H groups in total. The van der Waals surface area contributed by atoms with Crippen LogP contribution < -0.4 is 0 Å². The van der Waals surface area contributed by atoms with Crippen molar-refractivity contribution in [1.29, 1.82) is 0 Å². The zero-order valence-electron chi connectivity index (χ0n) is 3.38.